The van der Waals surface area contributed by atoms with Crippen LogP contribution in [0.3, 0.4) is 0 Å². The molecule has 2 aromatic carbocycles. The molecule has 0 radical (unpaired) electrons. The van der Waals surface area contributed by atoms with E-state index in [1.165, 1.54) is 11.8 Å². The number of carbonyl (C=O) groups excluding carboxylic acids is 2. The first-order valence-corrected chi connectivity index (χ1v) is 9.58. The predicted molar refractivity (Wildman–Crippen MR) is 110 cm³/mol. The monoisotopic (exact) mass is 395 g/mol. The second-order valence-corrected chi connectivity index (χ2v) is 6.95. The Bertz CT molecular complexity index is 964. The summed E-state index contributed by atoms with van der Waals surface area (Å²) in [5.74, 6) is -0.102. The highest BCUT2D eigenvalue weighted by Crippen LogP contribution is 2.26. The normalized spacial score (nSPS) is 11.8. The molecule has 0 unspecified atom stereocenters. The number of hydrogen-bond acceptors (Lipinski definition) is 5. The van der Waals surface area contributed by atoms with E-state index < -0.39 is 5.97 Å². The molecule has 0 bridgehead atoms. The van der Waals surface area contributed by atoms with Crippen LogP contribution in [0, 0.1) is 0 Å². The Kier molecular flexibility index (Phi) is 6.89. The van der Waals surface area contributed by atoms with Crippen LogP contribution in [-0.2, 0) is 27.2 Å². The quantitative estimate of drug-likeness (QED) is 0.560. The lowest BCUT2D eigenvalue weighted by Crippen LogP contribution is -2.36. The molecule has 0 saturated carbocycles. The fourth-order valence-corrected chi connectivity index (χ4v) is 3.10. The highest BCUT2D eigenvalue weighted by Gasteiger charge is 2.14. The van der Waals surface area contributed by atoms with Gasteiger partial charge in [-0.05, 0) is 37.5 Å². The van der Waals surface area contributed by atoms with Crippen LogP contribution in [-0.4, -0.2) is 31.6 Å². The first-order valence-electron chi connectivity index (χ1n) is 9.58. The Morgan fingerprint density at radius 1 is 1.14 bits per heavy atom. The molecular formula is C23H25NO5. The van der Waals surface area contributed by atoms with Crippen molar-refractivity contribution in [1.29, 1.82) is 0 Å². The van der Waals surface area contributed by atoms with Gasteiger partial charge in [-0.1, -0.05) is 30.3 Å². The molecule has 0 spiro atoms. The highest BCUT2D eigenvalue weighted by molar-refractivity contribution is 5.87. The SMILES string of the molecule is COc1ccc2c(CC(=O)OCC(=O)N[C@H](C)CCc3ccccc3)coc2c1. The van der Waals surface area contributed by atoms with Crippen molar-refractivity contribution in [3.63, 3.8) is 0 Å². The van der Waals surface area contributed by atoms with Crippen LogP contribution in [0.4, 0.5) is 0 Å². The molecule has 1 N–H and O–H groups in total. The molecule has 0 fully saturated rings. The van der Waals surface area contributed by atoms with Gasteiger partial charge in [-0.25, -0.2) is 0 Å². The summed E-state index contributed by atoms with van der Waals surface area (Å²) < 4.78 is 15.7. The molecule has 0 aliphatic carbocycles. The van der Waals surface area contributed by atoms with Crippen LogP contribution < -0.4 is 10.1 Å². The largest absolute Gasteiger partial charge is 0.497 e. The second kappa shape index (κ2) is 9.78. The van der Waals surface area contributed by atoms with Crippen molar-refractivity contribution in [2.24, 2.45) is 0 Å². The summed E-state index contributed by atoms with van der Waals surface area (Å²) in [6, 6.07) is 15.5. The number of benzene rings is 2. The number of amides is 1. The third-order valence-electron chi connectivity index (χ3n) is 4.68. The molecule has 152 valence electrons. The van der Waals surface area contributed by atoms with E-state index in [1.54, 1.807) is 19.2 Å². The number of ether oxygens (including phenoxy) is 2. The van der Waals surface area contributed by atoms with Crippen LogP contribution in [0.5, 0.6) is 5.75 Å². The van der Waals surface area contributed by atoms with Gasteiger partial charge < -0.3 is 19.2 Å². The van der Waals surface area contributed by atoms with Crippen molar-refractivity contribution < 1.29 is 23.5 Å². The first-order chi connectivity index (χ1) is 14.0. The van der Waals surface area contributed by atoms with Crippen LogP contribution in [0.2, 0.25) is 0 Å². The topological polar surface area (TPSA) is 77.8 Å². The van der Waals surface area contributed by atoms with Gasteiger partial charge in [0.15, 0.2) is 6.61 Å². The fraction of sp³-hybridized carbons (Fsp3) is 0.304. The van der Waals surface area contributed by atoms with Gasteiger partial charge in [0.25, 0.3) is 5.91 Å². The van der Waals surface area contributed by atoms with Gasteiger partial charge in [0.05, 0.1) is 19.8 Å². The van der Waals surface area contributed by atoms with Gasteiger partial charge >= 0.3 is 5.97 Å². The predicted octanol–water partition coefficient (Wildman–Crippen LogP) is 3.66. The number of rotatable bonds is 9. The Morgan fingerprint density at radius 2 is 1.93 bits per heavy atom. The minimum absolute atomic E-state index is 0.00536. The maximum absolute atomic E-state index is 12.1. The van der Waals surface area contributed by atoms with Crippen molar-refractivity contribution in [3.05, 3.63) is 65.9 Å². The van der Waals surface area contributed by atoms with E-state index >= 15 is 0 Å². The van der Waals surface area contributed by atoms with Crippen molar-refractivity contribution >= 4 is 22.8 Å². The molecule has 3 rings (SSSR count). The molecule has 0 aliphatic heterocycles. The van der Waals surface area contributed by atoms with Crippen LogP contribution in [0.1, 0.15) is 24.5 Å². The zero-order chi connectivity index (χ0) is 20.6. The van der Waals surface area contributed by atoms with E-state index in [0.29, 0.717) is 16.9 Å². The lowest BCUT2D eigenvalue weighted by atomic mass is 10.1. The molecule has 1 amide bonds. The summed E-state index contributed by atoms with van der Waals surface area (Å²) in [6.45, 7) is 1.65. The lowest BCUT2D eigenvalue weighted by Gasteiger charge is -2.14. The summed E-state index contributed by atoms with van der Waals surface area (Å²) >= 11 is 0. The fourth-order valence-electron chi connectivity index (χ4n) is 3.10. The summed E-state index contributed by atoms with van der Waals surface area (Å²) in [7, 11) is 1.58. The van der Waals surface area contributed by atoms with Crippen LogP contribution in [0.15, 0.2) is 59.2 Å². The number of methoxy groups -OCH3 is 1. The average molecular weight is 395 g/mol. The van der Waals surface area contributed by atoms with Crippen molar-refractivity contribution in [3.8, 4) is 5.75 Å². The number of nitrogens with one attached hydrogen (secondary N) is 1. The smallest absolute Gasteiger partial charge is 0.310 e. The van der Waals surface area contributed by atoms with Gasteiger partial charge in [-0.15, -0.1) is 0 Å². The maximum Gasteiger partial charge on any atom is 0.310 e. The molecule has 6 heteroatoms. The van der Waals surface area contributed by atoms with Crippen molar-refractivity contribution in [2.45, 2.75) is 32.2 Å². The summed E-state index contributed by atoms with van der Waals surface area (Å²) in [5.41, 5.74) is 2.58. The van der Waals surface area contributed by atoms with E-state index in [9.17, 15) is 9.59 Å². The Labute approximate surface area is 169 Å². The lowest BCUT2D eigenvalue weighted by molar-refractivity contribution is -0.148. The minimum atomic E-state index is -0.476. The summed E-state index contributed by atoms with van der Waals surface area (Å²) in [6.07, 6.45) is 3.25. The molecular weight excluding hydrogens is 370 g/mol. The standard InChI is InChI=1S/C23H25NO5/c1-16(8-9-17-6-4-3-5-7-17)24-22(25)15-29-23(26)12-18-14-28-21-13-19(27-2)10-11-20(18)21/h3-7,10-11,13-14,16H,8-9,12,15H2,1-2H3,(H,24,25)/t16-/m1/s1. The average Bonchev–Trinajstić information content (AvgIpc) is 3.13. The molecule has 6 nitrogen and oxygen atoms in total. The zero-order valence-corrected chi connectivity index (χ0v) is 16.6. The molecule has 29 heavy (non-hydrogen) atoms. The molecule has 1 atom stereocenters. The molecule has 1 aromatic heterocycles. The third-order valence-corrected chi connectivity index (χ3v) is 4.68. The summed E-state index contributed by atoms with van der Waals surface area (Å²) in [4.78, 5) is 24.1. The van der Waals surface area contributed by atoms with Crippen LogP contribution in [0.25, 0.3) is 11.0 Å². The van der Waals surface area contributed by atoms with Gasteiger partial charge in [0.2, 0.25) is 0 Å². The van der Waals surface area contributed by atoms with E-state index in [2.05, 4.69) is 17.4 Å². The van der Waals surface area contributed by atoms with Crippen molar-refractivity contribution in [1.82, 2.24) is 5.32 Å². The van der Waals surface area contributed by atoms with Crippen molar-refractivity contribution in [2.75, 3.05) is 13.7 Å². The third kappa shape index (κ3) is 5.85. The Morgan fingerprint density at radius 3 is 2.69 bits per heavy atom. The first kappa shape index (κ1) is 20.5. The number of aryl methyl sites for hydroxylation is 1. The molecule has 3 aromatic rings. The Hall–Kier alpha value is -3.28. The summed E-state index contributed by atoms with van der Waals surface area (Å²) in [5, 5.41) is 3.68. The maximum atomic E-state index is 12.1. The van der Waals surface area contributed by atoms with E-state index in [-0.39, 0.29) is 25.0 Å². The van der Waals surface area contributed by atoms with E-state index in [1.807, 2.05) is 31.2 Å². The van der Waals surface area contributed by atoms with Gasteiger partial charge in [0.1, 0.15) is 11.3 Å². The van der Waals surface area contributed by atoms with E-state index in [0.717, 1.165) is 18.2 Å². The number of furan rings is 1. The number of fused-ring (bicyclic) bond motifs is 1. The number of esters is 1. The van der Waals surface area contributed by atoms with E-state index in [4.69, 9.17) is 13.9 Å². The highest BCUT2D eigenvalue weighted by atomic mass is 16.5. The molecule has 1 heterocycles. The van der Waals surface area contributed by atoms with Crippen LogP contribution >= 0.6 is 0 Å². The molecule has 0 saturated heterocycles. The molecule has 0 aliphatic rings. The minimum Gasteiger partial charge on any atom is -0.497 e. The van der Waals surface area contributed by atoms with Gasteiger partial charge in [0, 0.05) is 23.1 Å². The van der Waals surface area contributed by atoms with Gasteiger partial charge in [-0.3, -0.25) is 9.59 Å². The number of carbonyl (C=O) groups is 2. The zero-order valence-electron chi connectivity index (χ0n) is 16.6. The Balaban J connectivity index is 1.42. The number of hydrogen-bond donors (Lipinski definition) is 1. The van der Waals surface area contributed by atoms with Gasteiger partial charge in [-0.2, -0.15) is 0 Å². The second-order valence-electron chi connectivity index (χ2n) is 6.95.